The molecule has 4 rings (SSSR count). The van der Waals surface area contributed by atoms with Crippen LogP contribution in [0.5, 0.6) is 5.75 Å². The molecule has 2 aliphatic rings. The van der Waals surface area contributed by atoms with Crippen molar-refractivity contribution in [2.75, 3.05) is 31.5 Å². The van der Waals surface area contributed by atoms with E-state index in [1.54, 1.807) is 6.07 Å². The number of rotatable bonds is 6. The summed E-state index contributed by atoms with van der Waals surface area (Å²) in [5.74, 6) is 1.13. The highest BCUT2D eigenvalue weighted by molar-refractivity contribution is 5.66. The second-order valence-electron chi connectivity index (χ2n) is 8.21. The second-order valence-corrected chi connectivity index (χ2v) is 8.21. The van der Waals surface area contributed by atoms with Gasteiger partial charge in [-0.1, -0.05) is 6.08 Å². The molecule has 29 heavy (non-hydrogen) atoms. The van der Waals surface area contributed by atoms with E-state index in [1.165, 1.54) is 11.3 Å². The van der Waals surface area contributed by atoms with Crippen LogP contribution in [0.2, 0.25) is 0 Å². The molecule has 7 heteroatoms. The third-order valence-corrected chi connectivity index (χ3v) is 6.04. The average molecular weight is 397 g/mol. The van der Waals surface area contributed by atoms with Gasteiger partial charge in [-0.25, -0.2) is 4.98 Å². The first-order valence-corrected chi connectivity index (χ1v) is 10.7. The summed E-state index contributed by atoms with van der Waals surface area (Å²) in [7, 11) is 0. The number of nitrogens with one attached hydrogen (secondary N) is 1. The maximum Gasteiger partial charge on any atom is 0.204 e. The van der Waals surface area contributed by atoms with E-state index >= 15 is 0 Å². The minimum Gasteiger partial charge on any atom is -0.506 e. The molecule has 0 unspecified atom stereocenters. The largest absolute Gasteiger partial charge is 0.506 e. The third kappa shape index (κ3) is 4.31. The molecule has 156 valence electrons. The van der Waals surface area contributed by atoms with Crippen molar-refractivity contribution in [3.8, 4) is 5.75 Å². The van der Waals surface area contributed by atoms with E-state index in [0.29, 0.717) is 24.8 Å². The van der Waals surface area contributed by atoms with E-state index in [1.807, 2.05) is 13.0 Å². The van der Waals surface area contributed by atoms with Crippen molar-refractivity contribution >= 4 is 11.5 Å². The molecule has 7 nitrogen and oxygen atoms in total. The third-order valence-electron chi connectivity index (χ3n) is 6.04. The summed E-state index contributed by atoms with van der Waals surface area (Å²) in [4.78, 5) is 12.0. The molecule has 0 saturated carbocycles. The Bertz CT molecular complexity index is 895. The number of fused-ring (bicyclic) bond motifs is 1. The van der Waals surface area contributed by atoms with E-state index in [0.717, 1.165) is 62.7 Å². The maximum absolute atomic E-state index is 10.3. The molecular formula is C22H32N6O. The number of likely N-dealkylation sites (tertiary alicyclic amines) is 1. The number of hydrogen-bond acceptors (Lipinski definition) is 6. The number of hydrogen-bond donors (Lipinski definition) is 3. The van der Waals surface area contributed by atoms with Crippen LogP contribution in [-0.4, -0.2) is 56.8 Å². The monoisotopic (exact) mass is 396 g/mol. The van der Waals surface area contributed by atoms with Gasteiger partial charge in [0.25, 0.3) is 0 Å². The fourth-order valence-electron chi connectivity index (χ4n) is 4.39. The number of nitrogens with zero attached hydrogens (tertiary/aromatic N) is 4. The van der Waals surface area contributed by atoms with E-state index in [-0.39, 0.29) is 5.75 Å². The van der Waals surface area contributed by atoms with Gasteiger partial charge < -0.3 is 25.6 Å². The van der Waals surface area contributed by atoms with Gasteiger partial charge in [-0.05, 0) is 57.2 Å². The Morgan fingerprint density at radius 2 is 2.00 bits per heavy atom. The summed E-state index contributed by atoms with van der Waals surface area (Å²) in [5, 5.41) is 14.0. The molecule has 1 fully saturated rings. The lowest BCUT2D eigenvalue weighted by Crippen LogP contribution is -2.41. The Labute approximate surface area is 172 Å². The number of aryl methyl sites for hydroxylation is 1. The minimum atomic E-state index is 0.238. The van der Waals surface area contributed by atoms with Crippen molar-refractivity contribution in [1.29, 1.82) is 0 Å². The normalized spacial score (nSPS) is 17.8. The van der Waals surface area contributed by atoms with Gasteiger partial charge in [-0.15, -0.1) is 0 Å². The molecule has 1 saturated heterocycles. The molecule has 0 amide bonds. The van der Waals surface area contributed by atoms with Gasteiger partial charge in [-0.2, -0.15) is 0 Å². The molecule has 2 aromatic heterocycles. The van der Waals surface area contributed by atoms with Crippen LogP contribution in [0.4, 0.5) is 5.95 Å². The van der Waals surface area contributed by atoms with E-state index in [2.05, 4.69) is 32.8 Å². The topological polar surface area (TPSA) is 92.2 Å². The molecule has 1 aliphatic heterocycles. The first-order valence-electron chi connectivity index (χ1n) is 10.7. The molecular weight excluding hydrogens is 364 g/mol. The highest BCUT2D eigenvalue weighted by atomic mass is 16.3. The minimum absolute atomic E-state index is 0.238. The number of anilines is 1. The molecule has 4 N–H and O–H groups in total. The first-order chi connectivity index (χ1) is 14.0. The SMILES string of the molecule is CC1=CCCc2c1nc(NC1CCN(CCN)CC1)n2Cc1nc(C)ccc1O. The van der Waals surface area contributed by atoms with E-state index in [4.69, 9.17) is 10.7 Å². The smallest absolute Gasteiger partial charge is 0.204 e. The number of aromatic hydroxyl groups is 1. The summed E-state index contributed by atoms with van der Waals surface area (Å²) in [6.45, 7) is 8.42. The van der Waals surface area contributed by atoms with Crippen molar-refractivity contribution in [3.05, 3.63) is 41.0 Å². The Morgan fingerprint density at radius 3 is 2.76 bits per heavy atom. The Balaban J connectivity index is 1.60. The number of nitrogens with two attached hydrogens (primary N) is 1. The molecule has 2 aromatic rings. The van der Waals surface area contributed by atoms with Crippen molar-refractivity contribution in [3.63, 3.8) is 0 Å². The summed E-state index contributed by atoms with van der Waals surface area (Å²) in [5.41, 5.74) is 10.8. The Hall–Kier alpha value is -2.38. The second kappa shape index (κ2) is 8.55. The van der Waals surface area contributed by atoms with Crippen LogP contribution in [0.3, 0.4) is 0 Å². The predicted octanol–water partition coefficient (Wildman–Crippen LogP) is 2.52. The van der Waals surface area contributed by atoms with Crippen LogP contribution in [0.1, 0.15) is 49.0 Å². The molecule has 0 spiro atoms. The van der Waals surface area contributed by atoms with E-state index < -0.39 is 0 Å². The lowest BCUT2D eigenvalue weighted by atomic mass is 10.0. The lowest BCUT2D eigenvalue weighted by Gasteiger charge is -2.32. The van der Waals surface area contributed by atoms with Gasteiger partial charge >= 0.3 is 0 Å². The van der Waals surface area contributed by atoms with Gasteiger partial charge in [0, 0.05) is 43.6 Å². The van der Waals surface area contributed by atoms with Gasteiger partial charge in [0.2, 0.25) is 5.95 Å². The van der Waals surface area contributed by atoms with Gasteiger partial charge in [0.05, 0.1) is 12.2 Å². The van der Waals surface area contributed by atoms with Gasteiger partial charge in [0.1, 0.15) is 11.4 Å². The summed E-state index contributed by atoms with van der Waals surface area (Å²) in [6.07, 6.45) is 6.41. The quantitative estimate of drug-likeness (QED) is 0.695. The van der Waals surface area contributed by atoms with Crippen LogP contribution >= 0.6 is 0 Å². The van der Waals surface area contributed by atoms with Crippen molar-refractivity contribution < 1.29 is 5.11 Å². The molecule has 0 aromatic carbocycles. The van der Waals surface area contributed by atoms with Crippen LogP contribution in [0.15, 0.2) is 18.2 Å². The molecule has 0 atom stereocenters. The number of pyridine rings is 1. The fourth-order valence-corrected chi connectivity index (χ4v) is 4.39. The zero-order chi connectivity index (χ0) is 20.4. The van der Waals surface area contributed by atoms with Gasteiger partial charge in [-0.3, -0.25) is 4.98 Å². The number of allylic oxidation sites excluding steroid dienone is 2. The standard InChI is InChI=1S/C22H32N6O/c1-15-4-3-5-19-21(15)26-22(25-17-8-11-27(12-9-17)13-10-23)28(19)14-18-20(29)7-6-16(2)24-18/h4,6-7,17,29H,3,5,8-14,23H2,1-2H3,(H,25,26). The maximum atomic E-state index is 10.3. The van der Waals surface area contributed by atoms with Gasteiger partial charge in [0.15, 0.2) is 0 Å². The lowest BCUT2D eigenvalue weighted by molar-refractivity contribution is 0.224. The first kappa shape index (κ1) is 19.9. The number of aromatic nitrogens is 3. The highest BCUT2D eigenvalue weighted by Gasteiger charge is 2.25. The van der Waals surface area contributed by atoms with Crippen LogP contribution in [0.25, 0.3) is 5.57 Å². The number of imidazole rings is 1. The van der Waals surface area contributed by atoms with Crippen LogP contribution in [0, 0.1) is 6.92 Å². The average Bonchev–Trinajstić information content (AvgIpc) is 3.05. The zero-order valence-electron chi connectivity index (χ0n) is 17.5. The fraction of sp³-hybridized carbons (Fsp3) is 0.545. The van der Waals surface area contributed by atoms with Crippen molar-refractivity contribution in [2.45, 2.75) is 52.1 Å². The summed E-state index contributed by atoms with van der Waals surface area (Å²) < 4.78 is 2.22. The molecule has 0 bridgehead atoms. The van der Waals surface area contributed by atoms with Crippen LogP contribution < -0.4 is 11.1 Å². The number of piperidine rings is 1. The molecule has 3 heterocycles. The van der Waals surface area contributed by atoms with Crippen molar-refractivity contribution in [1.82, 2.24) is 19.4 Å². The van der Waals surface area contributed by atoms with Crippen molar-refractivity contribution in [2.24, 2.45) is 5.73 Å². The summed E-state index contributed by atoms with van der Waals surface area (Å²) in [6, 6.07) is 3.96. The molecule has 1 aliphatic carbocycles. The predicted molar refractivity (Wildman–Crippen MR) is 116 cm³/mol. The Morgan fingerprint density at radius 1 is 1.21 bits per heavy atom. The van der Waals surface area contributed by atoms with Crippen LogP contribution in [-0.2, 0) is 13.0 Å². The highest BCUT2D eigenvalue weighted by Crippen LogP contribution is 2.31. The Kier molecular flexibility index (Phi) is 5.87. The molecule has 0 radical (unpaired) electrons. The zero-order valence-corrected chi connectivity index (χ0v) is 17.5. The summed E-state index contributed by atoms with van der Waals surface area (Å²) >= 11 is 0. The van der Waals surface area contributed by atoms with E-state index in [9.17, 15) is 5.11 Å².